The minimum absolute atomic E-state index is 0.229. The van der Waals surface area contributed by atoms with E-state index >= 15 is 0 Å². The number of aliphatic hydroxyl groups excluding tert-OH is 1. The highest BCUT2D eigenvalue weighted by Gasteiger charge is 2.31. The number of nitrogens with one attached hydrogen (secondary N) is 1. The number of hydrogen-bond acceptors (Lipinski definition) is 6. The molecular weight excluding hydrogens is 451 g/mol. The minimum Gasteiger partial charge on any atom is -0.406 e. The zero-order valence-electron chi connectivity index (χ0n) is 18.3. The normalized spacial score (nSPS) is 11.9. The Morgan fingerprint density at radius 1 is 1.06 bits per heavy atom. The molecule has 0 aliphatic heterocycles. The number of nitrogens with two attached hydrogens (primary N) is 1. The molecule has 0 radical (unpaired) electrons. The van der Waals surface area contributed by atoms with Gasteiger partial charge in [-0.05, 0) is 47.0 Å². The van der Waals surface area contributed by atoms with Crippen molar-refractivity contribution in [3.8, 4) is 16.9 Å². The Morgan fingerprint density at radius 3 is 2.44 bits per heavy atom. The van der Waals surface area contributed by atoms with Crippen molar-refractivity contribution in [1.82, 2.24) is 5.16 Å². The van der Waals surface area contributed by atoms with Gasteiger partial charge in [-0.1, -0.05) is 49.3 Å². The van der Waals surface area contributed by atoms with E-state index in [2.05, 4.69) is 15.2 Å². The smallest absolute Gasteiger partial charge is 0.406 e. The number of nitrogens with zero attached hydrogens (tertiary/aromatic N) is 1. The number of alkyl halides is 3. The number of fused-ring (bicyclic) bond motifs is 1. The van der Waals surface area contributed by atoms with Crippen LogP contribution in [0, 0.1) is 0 Å². The Morgan fingerprint density at radius 2 is 1.76 bits per heavy atom. The molecule has 0 spiro atoms. The number of nitrogen functional groups attached to an aromatic ring is 1. The van der Waals surface area contributed by atoms with Crippen molar-refractivity contribution >= 4 is 28.4 Å². The number of amides is 1. The first kappa shape index (κ1) is 24.6. The van der Waals surface area contributed by atoms with E-state index in [1.165, 1.54) is 30.3 Å². The second-order valence-electron chi connectivity index (χ2n) is 6.87. The molecular formula is C24H22F3N3O4. The van der Waals surface area contributed by atoms with E-state index in [0.29, 0.717) is 33.3 Å². The maximum atomic E-state index is 12.5. The zero-order chi connectivity index (χ0) is 24.9. The number of ether oxygens (including phenoxy) is 1. The summed E-state index contributed by atoms with van der Waals surface area (Å²) in [6.07, 6.45) is -6.26. The van der Waals surface area contributed by atoms with Crippen molar-refractivity contribution in [3.05, 3.63) is 72.3 Å². The second-order valence-corrected chi connectivity index (χ2v) is 6.87. The average Bonchev–Trinajstić information content (AvgIpc) is 3.19. The SMILES string of the molecule is CC.Nc1noc2cc(NC(=O)C(O)c3cccc(-c4ccc(OC(F)(F)F)cc4)c3)ccc12. The second kappa shape index (κ2) is 10.3. The first-order chi connectivity index (χ1) is 16.2. The van der Waals surface area contributed by atoms with Crippen LogP contribution in [0.5, 0.6) is 5.75 Å². The van der Waals surface area contributed by atoms with Crippen molar-refractivity contribution < 1.29 is 32.3 Å². The van der Waals surface area contributed by atoms with Crippen LogP contribution in [0.2, 0.25) is 0 Å². The van der Waals surface area contributed by atoms with E-state index in [4.69, 9.17) is 10.3 Å². The molecule has 3 aromatic carbocycles. The lowest BCUT2D eigenvalue weighted by Crippen LogP contribution is -2.20. The van der Waals surface area contributed by atoms with E-state index in [1.54, 1.807) is 36.4 Å². The van der Waals surface area contributed by atoms with Gasteiger partial charge in [-0.2, -0.15) is 0 Å². The van der Waals surface area contributed by atoms with Gasteiger partial charge in [0.2, 0.25) is 0 Å². The van der Waals surface area contributed by atoms with E-state index < -0.39 is 18.4 Å². The molecule has 1 aromatic heterocycles. The van der Waals surface area contributed by atoms with Crippen LogP contribution in [-0.2, 0) is 4.79 Å². The third-order valence-corrected chi connectivity index (χ3v) is 4.64. The van der Waals surface area contributed by atoms with Gasteiger partial charge < -0.3 is 25.4 Å². The molecule has 1 unspecified atom stereocenters. The quantitative estimate of drug-likeness (QED) is 0.344. The lowest BCUT2D eigenvalue weighted by Gasteiger charge is -2.13. The number of anilines is 2. The molecule has 4 N–H and O–H groups in total. The molecule has 1 heterocycles. The standard InChI is InChI=1S/C22H16F3N3O4.C2H6/c23-22(24,25)31-16-7-4-12(5-8-16)13-2-1-3-14(10-13)19(29)21(30)27-15-6-9-17-18(11-15)32-28-20(17)26;1-2/h1-11,19,29H,(H2,26,28)(H,27,30);1-2H3. The monoisotopic (exact) mass is 473 g/mol. The fraction of sp³-hybridized carbons (Fsp3) is 0.167. The number of carbonyl (C=O) groups is 1. The van der Waals surface area contributed by atoms with Crippen LogP contribution in [0.25, 0.3) is 22.1 Å². The van der Waals surface area contributed by atoms with Crippen molar-refractivity contribution in [1.29, 1.82) is 0 Å². The van der Waals surface area contributed by atoms with Crippen LogP contribution in [0.1, 0.15) is 25.5 Å². The predicted octanol–water partition coefficient (Wildman–Crippen LogP) is 5.67. The van der Waals surface area contributed by atoms with Crippen molar-refractivity contribution in [2.75, 3.05) is 11.1 Å². The van der Waals surface area contributed by atoms with Crippen LogP contribution in [-0.4, -0.2) is 22.5 Å². The zero-order valence-corrected chi connectivity index (χ0v) is 18.3. The van der Waals surface area contributed by atoms with Crippen LogP contribution >= 0.6 is 0 Å². The highest BCUT2D eigenvalue weighted by molar-refractivity contribution is 5.97. The van der Waals surface area contributed by atoms with Gasteiger partial charge in [0.25, 0.3) is 5.91 Å². The molecule has 10 heteroatoms. The summed E-state index contributed by atoms with van der Waals surface area (Å²) in [5.41, 5.74) is 7.92. The van der Waals surface area contributed by atoms with E-state index in [1.807, 2.05) is 13.8 Å². The van der Waals surface area contributed by atoms with Gasteiger partial charge in [0, 0.05) is 11.8 Å². The third kappa shape index (κ3) is 5.84. The fourth-order valence-corrected chi connectivity index (χ4v) is 3.13. The molecule has 178 valence electrons. The maximum Gasteiger partial charge on any atom is 0.573 e. The Labute approximate surface area is 192 Å². The molecule has 4 aromatic rings. The summed E-state index contributed by atoms with van der Waals surface area (Å²) in [7, 11) is 0. The van der Waals surface area contributed by atoms with Gasteiger partial charge in [0.05, 0.1) is 5.39 Å². The number of rotatable bonds is 5. The average molecular weight is 473 g/mol. The number of aliphatic hydroxyl groups is 1. The van der Waals surface area contributed by atoms with Crippen LogP contribution in [0.4, 0.5) is 24.7 Å². The lowest BCUT2D eigenvalue weighted by molar-refractivity contribution is -0.274. The molecule has 34 heavy (non-hydrogen) atoms. The highest BCUT2D eigenvalue weighted by Crippen LogP contribution is 2.29. The first-order valence-corrected chi connectivity index (χ1v) is 10.3. The molecule has 0 saturated heterocycles. The molecule has 0 aliphatic rings. The van der Waals surface area contributed by atoms with E-state index in [0.717, 1.165) is 0 Å². The molecule has 7 nitrogen and oxygen atoms in total. The number of aromatic nitrogens is 1. The minimum atomic E-state index is -4.77. The summed E-state index contributed by atoms with van der Waals surface area (Å²) < 4.78 is 45.9. The lowest BCUT2D eigenvalue weighted by atomic mass is 10.00. The highest BCUT2D eigenvalue weighted by atomic mass is 19.4. The third-order valence-electron chi connectivity index (χ3n) is 4.64. The molecule has 0 bridgehead atoms. The maximum absolute atomic E-state index is 12.5. The molecule has 4 rings (SSSR count). The van der Waals surface area contributed by atoms with Gasteiger partial charge in [0.1, 0.15) is 5.75 Å². The molecule has 1 amide bonds. The number of halogens is 3. The van der Waals surface area contributed by atoms with Crippen molar-refractivity contribution in [2.24, 2.45) is 0 Å². The number of hydrogen-bond donors (Lipinski definition) is 3. The summed E-state index contributed by atoms with van der Waals surface area (Å²) in [6, 6.07) is 16.5. The van der Waals surface area contributed by atoms with Crippen LogP contribution < -0.4 is 15.8 Å². The van der Waals surface area contributed by atoms with Crippen molar-refractivity contribution in [2.45, 2.75) is 26.3 Å². The van der Waals surface area contributed by atoms with Gasteiger partial charge >= 0.3 is 6.36 Å². The Hall–Kier alpha value is -4.05. The summed E-state index contributed by atoms with van der Waals surface area (Å²) in [4.78, 5) is 12.5. The number of benzene rings is 3. The summed E-state index contributed by atoms with van der Waals surface area (Å²) >= 11 is 0. The molecule has 0 saturated carbocycles. The van der Waals surface area contributed by atoms with Gasteiger partial charge in [-0.25, -0.2) is 0 Å². The Kier molecular flexibility index (Phi) is 7.42. The fourth-order valence-electron chi connectivity index (χ4n) is 3.13. The largest absolute Gasteiger partial charge is 0.573 e. The Balaban J connectivity index is 0.00000158. The topological polar surface area (TPSA) is 111 Å². The summed E-state index contributed by atoms with van der Waals surface area (Å²) in [5.74, 6) is -0.794. The van der Waals surface area contributed by atoms with Gasteiger partial charge in [0.15, 0.2) is 17.5 Å². The molecule has 0 aliphatic carbocycles. The van der Waals surface area contributed by atoms with Crippen LogP contribution in [0.15, 0.2) is 71.3 Å². The van der Waals surface area contributed by atoms with E-state index in [9.17, 15) is 23.1 Å². The van der Waals surface area contributed by atoms with Gasteiger partial charge in [-0.3, -0.25) is 4.79 Å². The number of carbonyl (C=O) groups excluding carboxylic acids is 1. The van der Waals surface area contributed by atoms with E-state index in [-0.39, 0.29) is 11.6 Å². The molecule has 0 fully saturated rings. The predicted molar refractivity (Wildman–Crippen MR) is 122 cm³/mol. The molecule has 1 atom stereocenters. The summed E-state index contributed by atoms with van der Waals surface area (Å²) in [6.45, 7) is 4.00. The van der Waals surface area contributed by atoms with Gasteiger partial charge in [-0.15, -0.1) is 13.2 Å². The van der Waals surface area contributed by atoms with Crippen molar-refractivity contribution in [3.63, 3.8) is 0 Å². The Bertz CT molecular complexity index is 1270. The van der Waals surface area contributed by atoms with Crippen LogP contribution in [0.3, 0.4) is 0 Å². The first-order valence-electron chi connectivity index (χ1n) is 10.3. The summed E-state index contributed by atoms with van der Waals surface area (Å²) in [5, 5.41) is 17.3.